The smallest absolute Gasteiger partial charge is 0.270 e. The number of hydrogen-bond donors (Lipinski definition) is 1. The number of likely N-dealkylation sites (N-methyl/N-ethyl adjacent to an activating group) is 1. The van der Waals surface area contributed by atoms with Crippen LogP contribution < -0.4 is 4.90 Å². The molecule has 0 spiro atoms. The number of piperazine rings is 1. The average molecular weight is 411 g/mol. The van der Waals surface area contributed by atoms with E-state index in [4.69, 9.17) is 0 Å². The van der Waals surface area contributed by atoms with E-state index in [9.17, 15) is 19.7 Å². The second kappa shape index (κ2) is 9.49. The van der Waals surface area contributed by atoms with Gasteiger partial charge in [-0.25, -0.2) is 0 Å². The summed E-state index contributed by atoms with van der Waals surface area (Å²) in [4.78, 5) is 40.1. The second-order valence-corrected chi connectivity index (χ2v) is 7.77. The lowest BCUT2D eigenvalue weighted by molar-refractivity contribution is -0.917. The first-order valence-corrected chi connectivity index (χ1v) is 10.0. The zero-order valence-electron chi connectivity index (χ0n) is 17.3. The molecule has 8 heteroatoms. The van der Waals surface area contributed by atoms with Crippen molar-refractivity contribution in [2.45, 2.75) is 13.5 Å². The molecule has 0 unspecified atom stereocenters. The number of benzene rings is 2. The Kier molecular flexibility index (Phi) is 6.79. The minimum atomic E-state index is -0.541. The number of nitrogens with one attached hydrogen (secondary N) is 1. The number of nitrogens with zero attached hydrogens (tertiary/aromatic N) is 3. The van der Waals surface area contributed by atoms with Gasteiger partial charge >= 0.3 is 0 Å². The van der Waals surface area contributed by atoms with E-state index in [2.05, 4.69) is 31.2 Å². The van der Waals surface area contributed by atoms with E-state index >= 15 is 0 Å². The summed E-state index contributed by atoms with van der Waals surface area (Å²) in [6.07, 6.45) is 0. The predicted molar refractivity (Wildman–Crippen MR) is 112 cm³/mol. The molecule has 0 aromatic heterocycles. The Hall–Kier alpha value is -3.26. The number of hydrogen-bond acceptors (Lipinski definition) is 4. The molecule has 0 bridgehead atoms. The van der Waals surface area contributed by atoms with E-state index in [0.717, 1.165) is 19.6 Å². The summed E-state index contributed by atoms with van der Waals surface area (Å²) in [5.74, 6) is -0.512. The summed E-state index contributed by atoms with van der Waals surface area (Å²) in [6.45, 7) is 6.01. The van der Waals surface area contributed by atoms with Gasteiger partial charge in [0.1, 0.15) is 6.54 Å². The van der Waals surface area contributed by atoms with Crippen LogP contribution in [0, 0.1) is 17.0 Å². The summed E-state index contributed by atoms with van der Waals surface area (Å²) in [5, 5.41) is 10.9. The van der Waals surface area contributed by atoms with Crippen LogP contribution in [0.2, 0.25) is 0 Å². The summed E-state index contributed by atoms with van der Waals surface area (Å²) >= 11 is 0. The zero-order valence-corrected chi connectivity index (χ0v) is 17.3. The molecule has 1 aliphatic heterocycles. The molecule has 3 rings (SSSR count). The molecule has 1 saturated heterocycles. The monoisotopic (exact) mass is 411 g/mol. The number of nitro groups is 1. The lowest BCUT2D eigenvalue weighted by Crippen LogP contribution is -3.13. The molecule has 8 nitrogen and oxygen atoms in total. The molecule has 1 aliphatic rings. The maximum Gasteiger partial charge on any atom is 0.270 e. The van der Waals surface area contributed by atoms with E-state index in [0.29, 0.717) is 13.1 Å². The number of quaternary nitrogens is 1. The van der Waals surface area contributed by atoms with E-state index in [-0.39, 0.29) is 23.7 Å². The maximum absolute atomic E-state index is 12.6. The molecule has 2 amide bonds. The van der Waals surface area contributed by atoms with Gasteiger partial charge < -0.3 is 14.7 Å². The van der Waals surface area contributed by atoms with E-state index in [1.807, 2.05) is 0 Å². The molecule has 1 fully saturated rings. The van der Waals surface area contributed by atoms with Crippen molar-refractivity contribution in [1.82, 2.24) is 9.80 Å². The molecule has 30 heavy (non-hydrogen) atoms. The first-order valence-electron chi connectivity index (χ1n) is 10.0. The van der Waals surface area contributed by atoms with Crippen LogP contribution in [0.5, 0.6) is 0 Å². The standard InChI is InChI=1S/C22H26N4O4/c1-17-5-3-6-18(13-17)15-24-9-11-25(12-10-24)21(27)16-23(2)22(28)19-7-4-8-20(14-19)26(29)30/h3-8,13-14H,9-12,15-16H2,1-2H3/p+1. The van der Waals surface area contributed by atoms with Gasteiger partial charge in [0.25, 0.3) is 11.6 Å². The molecule has 0 radical (unpaired) electrons. The Morgan fingerprint density at radius 2 is 1.83 bits per heavy atom. The number of carbonyl (C=O) groups is 2. The van der Waals surface area contributed by atoms with Crippen molar-refractivity contribution in [2.24, 2.45) is 0 Å². The van der Waals surface area contributed by atoms with Crippen molar-refractivity contribution in [3.63, 3.8) is 0 Å². The SMILES string of the molecule is Cc1cccc(C[NH+]2CCN(C(=O)CN(C)C(=O)c3cccc([N+](=O)[O-])c3)CC2)c1. The lowest BCUT2D eigenvalue weighted by atomic mass is 10.1. The van der Waals surface area contributed by atoms with Crippen LogP contribution in [0.3, 0.4) is 0 Å². The van der Waals surface area contributed by atoms with Crippen LogP contribution in [0.25, 0.3) is 0 Å². The molecular formula is C22H27N4O4+. The Bertz CT molecular complexity index is 938. The van der Waals surface area contributed by atoms with Gasteiger partial charge in [-0.2, -0.15) is 0 Å². The summed E-state index contributed by atoms with van der Waals surface area (Å²) < 4.78 is 0. The highest BCUT2D eigenvalue weighted by molar-refractivity contribution is 5.96. The van der Waals surface area contributed by atoms with Gasteiger partial charge in [-0.1, -0.05) is 35.9 Å². The van der Waals surface area contributed by atoms with Crippen LogP contribution >= 0.6 is 0 Å². The van der Waals surface area contributed by atoms with Gasteiger partial charge in [-0.15, -0.1) is 0 Å². The van der Waals surface area contributed by atoms with E-state index in [1.165, 1.54) is 52.2 Å². The minimum absolute atomic E-state index is 0.0469. The average Bonchev–Trinajstić information content (AvgIpc) is 2.73. The van der Waals surface area contributed by atoms with Crippen LogP contribution in [-0.2, 0) is 11.3 Å². The normalized spacial score (nSPS) is 14.4. The first kappa shape index (κ1) is 21.4. The third-order valence-corrected chi connectivity index (χ3v) is 5.38. The van der Waals surface area contributed by atoms with Crippen LogP contribution in [0.4, 0.5) is 5.69 Å². The topological polar surface area (TPSA) is 88.2 Å². The molecule has 2 aromatic carbocycles. The third kappa shape index (κ3) is 5.42. The molecule has 0 saturated carbocycles. The Morgan fingerprint density at radius 1 is 1.13 bits per heavy atom. The number of carbonyl (C=O) groups excluding carboxylic acids is 2. The fraction of sp³-hybridized carbons (Fsp3) is 0.364. The Labute approximate surface area is 175 Å². The molecule has 0 atom stereocenters. The number of rotatable bonds is 6. The van der Waals surface area contributed by atoms with E-state index in [1.54, 1.807) is 4.90 Å². The predicted octanol–water partition coefficient (Wildman–Crippen LogP) is 0.903. The molecule has 1 heterocycles. The molecular weight excluding hydrogens is 384 g/mol. The summed E-state index contributed by atoms with van der Waals surface area (Å²) in [7, 11) is 1.54. The van der Waals surface area contributed by atoms with Crippen LogP contribution in [0.1, 0.15) is 21.5 Å². The van der Waals surface area contributed by atoms with Gasteiger partial charge in [0.2, 0.25) is 5.91 Å². The third-order valence-electron chi connectivity index (χ3n) is 5.38. The summed E-state index contributed by atoms with van der Waals surface area (Å²) in [6, 6.07) is 14.0. The Balaban J connectivity index is 1.51. The molecule has 1 N–H and O–H groups in total. The van der Waals surface area contributed by atoms with Crippen molar-refractivity contribution >= 4 is 17.5 Å². The molecule has 158 valence electrons. The molecule has 2 aromatic rings. The molecule has 0 aliphatic carbocycles. The van der Waals surface area contributed by atoms with Crippen molar-refractivity contribution in [1.29, 1.82) is 0 Å². The van der Waals surface area contributed by atoms with Crippen molar-refractivity contribution in [3.8, 4) is 0 Å². The number of non-ortho nitro benzene ring substituents is 1. The van der Waals surface area contributed by atoms with Crippen LogP contribution in [0.15, 0.2) is 48.5 Å². The van der Waals surface area contributed by atoms with Gasteiger partial charge in [-0.05, 0) is 13.0 Å². The van der Waals surface area contributed by atoms with Gasteiger partial charge in [0.15, 0.2) is 0 Å². The largest absolute Gasteiger partial charge is 0.332 e. The zero-order chi connectivity index (χ0) is 21.7. The van der Waals surface area contributed by atoms with Gasteiger partial charge in [-0.3, -0.25) is 19.7 Å². The number of amides is 2. The highest BCUT2D eigenvalue weighted by atomic mass is 16.6. The fourth-order valence-electron chi connectivity index (χ4n) is 3.71. The van der Waals surface area contributed by atoms with Crippen molar-refractivity contribution < 1.29 is 19.4 Å². The quantitative estimate of drug-likeness (QED) is 0.565. The highest BCUT2D eigenvalue weighted by Gasteiger charge is 2.26. The highest BCUT2D eigenvalue weighted by Crippen LogP contribution is 2.14. The lowest BCUT2D eigenvalue weighted by Gasteiger charge is -2.33. The van der Waals surface area contributed by atoms with Crippen molar-refractivity contribution in [3.05, 3.63) is 75.3 Å². The van der Waals surface area contributed by atoms with Crippen LogP contribution in [-0.4, -0.2) is 66.3 Å². The second-order valence-electron chi connectivity index (χ2n) is 7.77. The fourth-order valence-corrected chi connectivity index (χ4v) is 3.71. The van der Waals surface area contributed by atoms with Gasteiger partial charge in [0.05, 0.1) is 37.6 Å². The number of aryl methyl sites for hydroxylation is 1. The first-order chi connectivity index (χ1) is 14.3. The van der Waals surface area contributed by atoms with Crippen molar-refractivity contribution in [2.75, 3.05) is 39.8 Å². The minimum Gasteiger partial charge on any atom is -0.332 e. The summed E-state index contributed by atoms with van der Waals surface area (Å²) in [5.41, 5.74) is 2.60. The Morgan fingerprint density at radius 3 is 2.50 bits per heavy atom. The van der Waals surface area contributed by atoms with Gasteiger partial charge in [0, 0.05) is 30.3 Å². The van der Waals surface area contributed by atoms with E-state index < -0.39 is 10.8 Å². The maximum atomic E-state index is 12.6. The number of nitro benzene ring substituents is 1.